The zero-order valence-electron chi connectivity index (χ0n) is 13.6. The van der Waals surface area contributed by atoms with Crippen LogP contribution in [0, 0.1) is 6.92 Å². The molecule has 122 valence electrons. The second-order valence-corrected chi connectivity index (χ2v) is 6.92. The summed E-state index contributed by atoms with van der Waals surface area (Å²) in [5.41, 5.74) is 1.78. The number of carbonyl (C=O) groups is 1. The van der Waals surface area contributed by atoms with Gasteiger partial charge in [0.1, 0.15) is 5.82 Å². The molecule has 1 aliphatic rings. The van der Waals surface area contributed by atoms with Crippen LogP contribution in [0.5, 0.6) is 0 Å². The molecule has 1 N–H and O–H groups in total. The van der Waals surface area contributed by atoms with E-state index in [1.54, 1.807) is 23.6 Å². The number of hydrogen-bond donors (Lipinski definition) is 1. The molecule has 0 spiro atoms. The van der Waals surface area contributed by atoms with Crippen molar-refractivity contribution in [2.24, 2.45) is 0 Å². The highest BCUT2D eigenvalue weighted by atomic mass is 32.1. The molecule has 2 aromatic rings. The van der Waals surface area contributed by atoms with Gasteiger partial charge < -0.3 is 10.2 Å². The third-order valence-corrected chi connectivity index (χ3v) is 5.37. The molecule has 1 saturated heterocycles. The van der Waals surface area contributed by atoms with Gasteiger partial charge in [-0.05, 0) is 38.3 Å². The summed E-state index contributed by atoms with van der Waals surface area (Å²) >= 11 is 1.73. The van der Waals surface area contributed by atoms with Gasteiger partial charge >= 0.3 is 0 Å². The molecule has 0 unspecified atom stereocenters. The van der Waals surface area contributed by atoms with E-state index in [2.05, 4.69) is 22.2 Å². The van der Waals surface area contributed by atoms with Crippen molar-refractivity contribution in [3.8, 4) is 0 Å². The van der Waals surface area contributed by atoms with Crippen molar-refractivity contribution in [2.45, 2.75) is 39.7 Å². The van der Waals surface area contributed by atoms with Crippen LogP contribution in [0.1, 0.15) is 45.7 Å². The van der Waals surface area contributed by atoms with Crippen molar-refractivity contribution >= 4 is 23.1 Å². The SMILES string of the molecule is CCc1nc(C)c(CNc2cc(C(=O)N3CCCC3)ccn2)s1. The lowest BCUT2D eigenvalue weighted by molar-refractivity contribution is 0.0793. The van der Waals surface area contributed by atoms with E-state index in [1.165, 1.54) is 4.88 Å². The highest BCUT2D eigenvalue weighted by Crippen LogP contribution is 2.20. The minimum atomic E-state index is 0.107. The number of likely N-dealkylation sites (tertiary alicyclic amines) is 1. The van der Waals surface area contributed by atoms with Crippen LogP contribution in [0.4, 0.5) is 5.82 Å². The summed E-state index contributed by atoms with van der Waals surface area (Å²) in [5.74, 6) is 0.844. The zero-order chi connectivity index (χ0) is 16.2. The van der Waals surface area contributed by atoms with Gasteiger partial charge in [-0.25, -0.2) is 9.97 Å². The molecular formula is C17H22N4OS. The van der Waals surface area contributed by atoms with Gasteiger partial charge in [0.15, 0.2) is 0 Å². The van der Waals surface area contributed by atoms with Crippen molar-refractivity contribution in [1.29, 1.82) is 0 Å². The van der Waals surface area contributed by atoms with Crippen molar-refractivity contribution < 1.29 is 4.79 Å². The maximum Gasteiger partial charge on any atom is 0.254 e. The predicted molar refractivity (Wildman–Crippen MR) is 92.9 cm³/mol. The van der Waals surface area contributed by atoms with Crippen LogP contribution in [0.3, 0.4) is 0 Å². The van der Waals surface area contributed by atoms with E-state index < -0.39 is 0 Å². The second kappa shape index (κ2) is 7.08. The van der Waals surface area contributed by atoms with E-state index in [9.17, 15) is 4.79 Å². The molecule has 0 saturated carbocycles. The molecule has 3 rings (SSSR count). The van der Waals surface area contributed by atoms with Gasteiger partial charge in [-0.2, -0.15) is 0 Å². The molecule has 0 bridgehead atoms. The van der Waals surface area contributed by atoms with Gasteiger partial charge in [-0.1, -0.05) is 6.92 Å². The normalized spacial score (nSPS) is 14.3. The number of aryl methyl sites for hydroxylation is 2. The number of anilines is 1. The Hall–Kier alpha value is -1.95. The molecule has 0 radical (unpaired) electrons. The van der Waals surface area contributed by atoms with Crippen molar-refractivity contribution in [1.82, 2.24) is 14.9 Å². The van der Waals surface area contributed by atoms with Gasteiger partial charge in [0.25, 0.3) is 5.91 Å². The first-order valence-electron chi connectivity index (χ1n) is 8.11. The summed E-state index contributed by atoms with van der Waals surface area (Å²) in [6.07, 6.45) is 4.87. The molecule has 23 heavy (non-hydrogen) atoms. The Kier molecular flexibility index (Phi) is 4.91. The standard InChI is InChI=1S/C17H22N4OS/c1-3-16-20-12(2)14(23-16)11-19-15-10-13(6-7-18-15)17(22)21-8-4-5-9-21/h6-7,10H,3-5,8-9,11H2,1-2H3,(H,18,19). The highest BCUT2D eigenvalue weighted by molar-refractivity contribution is 7.11. The zero-order valence-corrected chi connectivity index (χ0v) is 14.4. The summed E-state index contributed by atoms with van der Waals surface area (Å²) < 4.78 is 0. The maximum absolute atomic E-state index is 12.4. The van der Waals surface area contributed by atoms with Crippen LogP contribution in [0.2, 0.25) is 0 Å². The highest BCUT2D eigenvalue weighted by Gasteiger charge is 2.19. The number of hydrogen-bond acceptors (Lipinski definition) is 5. The third kappa shape index (κ3) is 3.69. The number of nitrogens with zero attached hydrogens (tertiary/aromatic N) is 3. The lowest BCUT2D eigenvalue weighted by Crippen LogP contribution is -2.27. The van der Waals surface area contributed by atoms with Crippen LogP contribution < -0.4 is 5.32 Å². The summed E-state index contributed by atoms with van der Waals surface area (Å²) in [7, 11) is 0. The Labute approximate surface area is 140 Å². The number of nitrogens with one attached hydrogen (secondary N) is 1. The monoisotopic (exact) mass is 330 g/mol. The molecule has 1 amide bonds. The second-order valence-electron chi connectivity index (χ2n) is 5.75. The van der Waals surface area contributed by atoms with Gasteiger partial charge in [0.05, 0.1) is 17.2 Å². The lowest BCUT2D eigenvalue weighted by Gasteiger charge is -2.15. The number of rotatable bonds is 5. The predicted octanol–water partition coefficient (Wildman–Crippen LogP) is 3.26. The molecule has 0 atom stereocenters. The number of pyridine rings is 1. The van der Waals surface area contributed by atoms with Crippen molar-refractivity contribution in [3.05, 3.63) is 39.5 Å². The fourth-order valence-electron chi connectivity index (χ4n) is 2.74. The van der Waals surface area contributed by atoms with Crippen LogP contribution in [-0.4, -0.2) is 33.9 Å². The van der Waals surface area contributed by atoms with E-state index in [0.29, 0.717) is 12.1 Å². The van der Waals surface area contributed by atoms with Crippen LogP contribution in [0.15, 0.2) is 18.3 Å². The summed E-state index contributed by atoms with van der Waals surface area (Å²) in [6.45, 7) is 6.57. The minimum Gasteiger partial charge on any atom is -0.365 e. The number of thiazole rings is 1. The largest absolute Gasteiger partial charge is 0.365 e. The van der Waals surface area contributed by atoms with E-state index in [0.717, 1.165) is 48.9 Å². The van der Waals surface area contributed by atoms with Crippen LogP contribution in [-0.2, 0) is 13.0 Å². The van der Waals surface area contributed by atoms with Gasteiger partial charge in [0.2, 0.25) is 0 Å². The maximum atomic E-state index is 12.4. The molecule has 0 aliphatic carbocycles. The Bertz CT molecular complexity index is 692. The lowest BCUT2D eigenvalue weighted by atomic mass is 10.2. The molecular weight excluding hydrogens is 308 g/mol. The molecule has 0 aromatic carbocycles. The third-order valence-electron chi connectivity index (χ3n) is 4.07. The summed E-state index contributed by atoms with van der Waals surface area (Å²) in [5, 5.41) is 4.47. The minimum absolute atomic E-state index is 0.107. The fourth-order valence-corrected chi connectivity index (χ4v) is 3.69. The fraction of sp³-hybridized carbons (Fsp3) is 0.471. The van der Waals surface area contributed by atoms with E-state index >= 15 is 0 Å². The average molecular weight is 330 g/mol. The molecule has 3 heterocycles. The molecule has 6 heteroatoms. The van der Waals surface area contributed by atoms with E-state index in [4.69, 9.17) is 0 Å². The van der Waals surface area contributed by atoms with Crippen LogP contribution in [0.25, 0.3) is 0 Å². The first-order valence-corrected chi connectivity index (χ1v) is 8.93. The average Bonchev–Trinajstić information content (AvgIpc) is 3.22. The molecule has 5 nitrogen and oxygen atoms in total. The Balaban J connectivity index is 1.67. The Morgan fingerprint density at radius 3 is 2.87 bits per heavy atom. The first-order chi connectivity index (χ1) is 11.2. The topological polar surface area (TPSA) is 58.1 Å². The Morgan fingerprint density at radius 2 is 2.17 bits per heavy atom. The van der Waals surface area contributed by atoms with Crippen molar-refractivity contribution in [3.63, 3.8) is 0 Å². The number of aromatic nitrogens is 2. The van der Waals surface area contributed by atoms with Crippen molar-refractivity contribution in [2.75, 3.05) is 18.4 Å². The van der Waals surface area contributed by atoms with Crippen LogP contribution >= 0.6 is 11.3 Å². The molecule has 2 aromatic heterocycles. The molecule has 1 aliphatic heterocycles. The van der Waals surface area contributed by atoms with E-state index in [1.807, 2.05) is 17.9 Å². The molecule has 1 fully saturated rings. The Morgan fingerprint density at radius 1 is 1.39 bits per heavy atom. The van der Waals surface area contributed by atoms with Gasteiger partial charge in [0, 0.05) is 29.7 Å². The summed E-state index contributed by atoms with van der Waals surface area (Å²) in [4.78, 5) is 24.4. The van der Waals surface area contributed by atoms with E-state index in [-0.39, 0.29) is 5.91 Å². The smallest absolute Gasteiger partial charge is 0.254 e. The number of amides is 1. The number of carbonyl (C=O) groups excluding carboxylic acids is 1. The van der Waals surface area contributed by atoms with Gasteiger partial charge in [-0.15, -0.1) is 11.3 Å². The van der Waals surface area contributed by atoms with Gasteiger partial charge in [-0.3, -0.25) is 4.79 Å². The quantitative estimate of drug-likeness (QED) is 0.914. The first kappa shape index (κ1) is 15.9. The summed E-state index contributed by atoms with van der Waals surface area (Å²) in [6, 6.07) is 3.64.